The van der Waals surface area contributed by atoms with Gasteiger partial charge in [0.05, 0.1) is 5.56 Å². The molecule has 0 bridgehead atoms. The molecule has 0 spiro atoms. The predicted octanol–water partition coefficient (Wildman–Crippen LogP) is 4.01. The molecule has 2 heterocycles. The molecule has 0 atom stereocenters. The summed E-state index contributed by atoms with van der Waals surface area (Å²) in [5, 5.41) is 3.64. The van der Waals surface area contributed by atoms with E-state index in [2.05, 4.69) is 5.32 Å². The molecule has 1 amide bonds. The number of halogens is 1. The minimum Gasteiger partial charge on any atom is -0.461 e. The predicted molar refractivity (Wildman–Crippen MR) is 103 cm³/mol. The Morgan fingerprint density at radius 2 is 1.89 bits per heavy atom. The van der Waals surface area contributed by atoms with Crippen LogP contribution in [0.15, 0.2) is 40.8 Å². The number of aryl methyl sites for hydroxylation is 1. The van der Waals surface area contributed by atoms with Gasteiger partial charge in [0.15, 0.2) is 0 Å². The van der Waals surface area contributed by atoms with Gasteiger partial charge in [-0.15, -0.1) is 0 Å². The Bertz CT molecular complexity index is 776. The number of hydrogen-bond acceptors (Lipinski definition) is 3. The Morgan fingerprint density at radius 3 is 2.63 bits per heavy atom. The van der Waals surface area contributed by atoms with Crippen molar-refractivity contribution in [2.45, 2.75) is 44.6 Å². The van der Waals surface area contributed by atoms with Crippen LogP contribution < -0.4 is 5.32 Å². The first-order valence-electron chi connectivity index (χ1n) is 10.0. The van der Waals surface area contributed by atoms with Crippen LogP contribution in [0.1, 0.15) is 37.9 Å². The highest BCUT2D eigenvalue weighted by molar-refractivity contribution is 5.76. The number of likely N-dealkylation sites (tertiary alicyclic amines) is 1. The first-order chi connectivity index (χ1) is 13.2. The third-order valence-electron chi connectivity index (χ3n) is 5.63. The van der Waals surface area contributed by atoms with Crippen molar-refractivity contribution in [3.8, 4) is 11.3 Å². The van der Waals surface area contributed by atoms with Gasteiger partial charge in [-0.3, -0.25) is 4.79 Å². The van der Waals surface area contributed by atoms with E-state index in [9.17, 15) is 9.18 Å². The van der Waals surface area contributed by atoms with Crippen LogP contribution in [0.3, 0.4) is 0 Å². The number of rotatable bonds is 7. The molecule has 1 aromatic carbocycles. The second-order valence-corrected chi connectivity index (χ2v) is 7.75. The van der Waals surface area contributed by atoms with Crippen molar-refractivity contribution in [1.82, 2.24) is 10.2 Å². The van der Waals surface area contributed by atoms with Crippen molar-refractivity contribution in [3.05, 3.63) is 48.0 Å². The van der Waals surface area contributed by atoms with E-state index >= 15 is 0 Å². The lowest BCUT2D eigenvalue weighted by molar-refractivity contribution is -0.132. The van der Waals surface area contributed by atoms with Crippen molar-refractivity contribution < 1.29 is 13.6 Å². The third-order valence-corrected chi connectivity index (χ3v) is 5.63. The second kappa shape index (κ2) is 8.26. The van der Waals surface area contributed by atoms with Crippen molar-refractivity contribution in [1.29, 1.82) is 0 Å². The summed E-state index contributed by atoms with van der Waals surface area (Å²) in [6.07, 6.45) is 5.80. The Labute approximate surface area is 159 Å². The summed E-state index contributed by atoms with van der Waals surface area (Å²) in [5.41, 5.74) is 0.454. The number of furan rings is 1. The number of nitrogens with one attached hydrogen (secondary N) is 1. The first-order valence-corrected chi connectivity index (χ1v) is 10.0. The van der Waals surface area contributed by atoms with Gasteiger partial charge in [0, 0.05) is 32.0 Å². The third kappa shape index (κ3) is 4.78. The quantitative estimate of drug-likeness (QED) is 0.801. The van der Waals surface area contributed by atoms with Gasteiger partial charge >= 0.3 is 0 Å². The van der Waals surface area contributed by atoms with Crippen molar-refractivity contribution in [2.24, 2.45) is 5.92 Å². The molecule has 1 aliphatic carbocycles. The molecule has 1 saturated carbocycles. The molecule has 2 aromatic rings. The van der Waals surface area contributed by atoms with Crippen LogP contribution in [0, 0.1) is 11.7 Å². The van der Waals surface area contributed by atoms with E-state index in [1.165, 1.54) is 18.9 Å². The Kier molecular flexibility index (Phi) is 5.58. The number of carbonyl (C=O) groups is 1. The lowest BCUT2D eigenvalue weighted by Crippen LogP contribution is -2.45. The summed E-state index contributed by atoms with van der Waals surface area (Å²) in [7, 11) is 0. The molecule has 27 heavy (non-hydrogen) atoms. The van der Waals surface area contributed by atoms with Gasteiger partial charge in [0.1, 0.15) is 17.3 Å². The number of hydrogen-bond donors (Lipinski definition) is 1. The normalized spacial score (nSPS) is 18.0. The number of benzene rings is 1. The highest BCUT2D eigenvalue weighted by Gasteiger charge is 2.26. The lowest BCUT2D eigenvalue weighted by atomic mass is 10.0. The largest absolute Gasteiger partial charge is 0.461 e. The minimum absolute atomic E-state index is 0.180. The molecule has 0 unspecified atom stereocenters. The molecule has 4 nitrogen and oxygen atoms in total. The van der Waals surface area contributed by atoms with Crippen LogP contribution in [0.2, 0.25) is 0 Å². The SMILES string of the molecule is O=C(CCc1ccc(-c2ccccc2F)o1)N1CCC(NCC2CC2)CC1. The highest BCUT2D eigenvalue weighted by atomic mass is 19.1. The molecule has 0 radical (unpaired) electrons. The van der Waals surface area contributed by atoms with E-state index < -0.39 is 0 Å². The van der Waals surface area contributed by atoms with Crippen molar-refractivity contribution in [2.75, 3.05) is 19.6 Å². The molecule has 5 heteroatoms. The van der Waals surface area contributed by atoms with Gasteiger partial charge < -0.3 is 14.6 Å². The van der Waals surface area contributed by atoms with Gasteiger partial charge in [-0.1, -0.05) is 12.1 Å². The van der Waals surface area contributed by atoms with Crippen LogP contribution in [0.25, 0.3) is 11.3 Å². The first kappa shape index (κ1) is 18.2. The molecule has 1 N–H and O–H groups in total. The van der Waals surface area contributed by atoms with Gasteiger partial charge in [0.2, 0.25) is 5.91 Å². The number of carbonyl (C=O) groups excluding carboxylic acids is 1. The fourth-order valence-electron chi connectivity index (χ4n) is 3.69. The summed E-state index contributed by atoms with van der Waals surface area (Å²) in [6.45, 7) is 2.81. The molecule has 1 aromatic heterocycles. The molecule has 2 fully saturated rings. The maximum atomic E-state index is 13.8. The maximum Gasteiger partial charge on any atom is 0.223 e. The topological polar surface area (TPSA) is 45.5 Å². The minimum atomic E-state index is -0.298. The molecular formula is C22H27FN2O2. The summed E-state index contributed by atoms with van der Waals surface area (Å²) in [4.78, 5) is 14.5. The Morgan fingerprint density at radius 1 is 1.11 bits per heavy atom. The molecule has 4 rings (SSSR count). The number of nitrogens with zero attached hydrogens (tertiary/aromatic N) is 1. The van der Waals surface area contributed by atoms with E-state index in [0.29, 0.717) is 30.2 Å². The smallest absolute Gasteiger partial charge is 0.223 e. The monoisotopic (exact) mass is 370 g/mol. The van der Waals surface area contributed by atoms with Crippen LogP contribution in [-0.4, -0.2) is 36.5 Å². The molecule has 1 saturated heterocycles. The molecule has 144 valence electrons. The highest BCUT2D eigenvalue weighted by Crippen LogP contribution is 2.28. The standard InChI is InChI=1S/C22H27FN2O2/c23-20-4-2-1-3-19(20)21-9-7-18(27-21)8-10-22(26)25-13-11-17(12-14-25)24-15-16-5-6-16/h1-4,7,9,16-17,24H,5-6,8,10-15H2. The van der Waals surface area contributed by atoms with Gasteiger partial charge in [-0.2, -0.15) is 0 Å². The van der Waals surface area contributed by atoms with Gasteiger partial charge in [0.25, 0.3) is 0 Å². The second-order valence-electron chi connectivity index (χ2n) is 7.75. The average molecular weight is 370 g/mol. The number of amides is 1. The summed E-state index contributed by atoms with van der Waals surface area (Å²) >= 11 is 0. The van der Waals surface area contributed by atoms with Gasteiger partial charge in [-0.05, 0) is 62.4 Å². The van der Waals surface area contributed by atoms with E-state index in [1.807, 2.05) is 11.0 Å². The zero-order chi connectivity index (χ0) is 18.6. The van der Waals surface area contributed by atoms with Crippen LogP contribution >= 0.6 is 0 Å². The molecular weight excluding hydrogens is 343 g/mol. The Hall–Kier alpha value is -2.14. The van der Waals surface area contributed by atoms with Crippen LogP contribution in [0.4, 0.5) is 4.39 Å². The number of piperidine rings is 1. The fraction of sp³-hybridized carbons (Fsp3) is 0.500. The zero-order valence-electron chi connectivity index (χ0n) is 15.6. The summed E-state index contributed by atoms with van der Waals surface area (Å²) in [5.74, 6) is 2.01. The fourth-order valence-corrected chi connectivity index (χ4v) is 3.69. The van der Waals surface area contributed by atoms with Gasteiger partial charge in [-0.25, -0.2) is 4.39 Å². The summed E-state index contributed by atoms with van der Waals surface area (Å²) in [6, 6.07) is 10.7. The Balaban J connectivity index is 1.23. The van der Waals surface area contributed by atoms with E-state index in [4.69, 9.17) is 4.42 Å². The van der Waals surface area contributed by atoms with E-state index in [1.54, 1.807) is 24.3 Å². The van der Waals surface area contributed by atoms with E-state index in [0.717, 1.165) is 44.2 Å². The van der Waals surface area contributed by atoms with Crippen molar-refractivity contribution in [3.63, 3.8) is 0 Å². The molecule has 1 aliphatic heterocycles. The molecule has 2 aliphatic rings. The average Bonchev–Trinajstić information content (AvgIpc) is 3.41. The maximum absolute atomic E-state index is 13.8. The van der Waals surface area contributed by atoms with Crippen LogP contribution in [0.5, 0.6) is 0 Å². The summed E-state index contributed by atoms with van der Waals surface area (Å²) < 4.78 is 19.6. The van der Waals surface area contributed by atoms with Crippen LogP contribution in [-0.2, 0) is 11.2 Å². The zero-order valence-corrected chi connectivity index (χ0v) is 15.6. The van der Waals surface area contributed by atoms with E-state index in [-0.39, 0.29) is 11.7 Å². The lowest BCUT2D eigenvalue weighted by Gasteiger charge is -2.32. The van der Waals surface area contributed by atoms with Crippen molar-refractivity contribution >= 4 is 5.91 Å².